The molecule has 0 amide bonds. The van der Waals surface area contributed by atoms with Crippen molar-refractivity contribution in [3.8, 4) is 11.8 Å². The average molecular weight is 327 g/mol. The fraction of sp³-hybridized carbons (Fsp3) is 0.318. The Bertz CT molecular complexity index is 1020. The summed E-state index contributed by atoms with van der Waals surface area (Å²) in [5.41, 5.74) is 7.17. The van der Waals surface area contributed by atoms with Gasteiger partial charge in [0.05, 0.1) is 5.52 Å². The number of rotatable bonds is 0. The molecule has 2 bridgehead atoms. The van der Waals surface area contributed by atoms with Crippen LogP contribution in [0.25, 0.3) is 10.9 Å². The van der Waals surface area contributed by atoms with Crippen LogP contribution in [0.5, 0.6) is 0 Å². The molecule has 2 aromatic heterocycles. The molecule has 1 aromatic carbocycles. The van der Waals surface area contributed by atoms with Gasteiger partial charge in [0.25, 0.3) is 0 Å². The molecule has 1 N–H and O–H groups in total. The lowest BCUT2D eigenvalue weighted by atomic mass is 9.97. The summed E-state index contributed by atoms with van der Waals surface area (Å²) in [6.45, 7) is 1.99. The third kappa shape index (κ3) is 2.29. The van der Waals surface area contributed by atoms with E-state index >= 15 is 0 Å². The Labute approximate surface area is 148 Å². The largest absolute Gasteiger partial charge is 0.357 e. The van der Waals surface area contributed by atoms with Crippen LogP contribution in [0.15, 0.2) is 36.5 Å². The molecule has 124 valence electrons. The van der Waals surface area contributed by atoms with Crippen LogP contribution in [0.4, 0.5) is 0 Å². The molecule has 1 fully saturated rings. The Morgan fingerprint density at radius 2 is 2.08 bits per heavy atom. The maximum absolute atomic E-state index is 4.33. The molecule has 2 aliphatic heterocycles. The average Bonchev–Trinajstić information content (AvgIpc) is 3.09. The topological polar surface area (TPSA) is 31.9 Å². The van der Waals surface area contributed by atoms with Crippen LogP contribution < -0.4 is 0 Å². The molecule has 3 heteroatoms. The standard InChI is InChI=1S/C22H21N3/c1-14-6-7-15(13-23-14)8-9-16-4-3-5-18-21-19(24-22(16)18)12-17-10-11-20(21)25(17)2/h3-7,13,17,20,24H,10-12H2,1-2H3/t17-,20+/m1/s1. The minimum Gasteiger partial charge on any atom is -0.357 e. The zero-order valence-electron chi connectivity index (χ0n) is 14.6. The van der Waals surface area contributed by atoms with Gasteiger partial charge in [0.1, 0.15) is 0 Å². The van der Waals surface area contributed by atoms with E-state index < -0.39 is 0 Å². The first kappa shape index (κ1) is 14.7. The number of aromatic nitrogens is 2. The molecule has 0 aliphatic carbocycles. The molecule has 1 saturated heterocycles. The van der Waals surface area contributed by atoms with Gasteiger partial charge in [0, 0.05) is 52.6 Å². The predicted molar refractivity (Wildman–Crippen MR) is 100 cm³/mol. The van der Waals surface area contributed by atoms with Crippen molar-refractivity contribution < 1.29 is 0 Å². The summed E-state index contributed by atoms with van der Waals surface area (Å²) < 4.78 is 0. The van der Waals surface area contributed by atoms with Crippen molar-refractivity contribution in [2.45, 2.75) is 38.3 Å². The van der Waals surface area contributed by atoms with E-state index in [2.05, 4.69) is 52.0 Å². The van der Waals surface area contributed by atoms with Crippen molar-refractivity contribution in [2.24, 2.45) is 0 Å². The van der Waals surface area contributed by atoms with Crippen LogP contribution in [0.3, 0.4) is 0 Å². The van der Waals surface area contributed by atoms with E-state index in [4.69, 9.17) is 0 Å². The number of pyridine rings is 1. The summed E-state index contributed by atoms with van der Waals surface area (Å²) in [6.07, 6.45) is 5.55. The Morgan fingerprint density at radius 3 is 2.92 bits per heavy atom. The van der Waals surface area contributed by atoms with Crippen LogP contribution in [-0.4, -0.2) is 28.0 Å². The summed E-state index contributed by atoms with van der Waals surface area (Å²) in [5, 5.41) is 1.35. The quantitative estimate of drug-likeness (QED) is 0.634. The number of aryl methyl sites for hydroxylation is 1. The lowest BCUT2D eigenvalue weighted by Crippen LogP contribution is -2.33. The molecule has 4 heterocycles. The van der Waals surface area contributed by atoms with Gasteiger partial charge in [-0.05, 0) is 50.6 Å². The normalized spacial score (nSPS) is 21.8. The monoisotopic (exact) mass is 327 g/mol. The number of benzene rings is 1. The van der Waals surface area contributed by atoms with E-state index in [9.17, 15) is 0 Å². The van der Waals surface area contributed by atoms with Crippen LogP contribution in [0.2, 0.25) is 0 Å². The first-order valence-electron chi connectivity index (χ1n) is 9.01. The van der Waals surface area contributed by atoms with Gasteiger partial charge in [-0.2, -0.15) is 0 Å². The molecule has 0 saturated carbocycles. The van der Waals surface area contributed by atoms with Gasteiger partial charge in [0.15, 0.2) is 0 Å². The molecule has 5 rings (SSSR count). The number of nitrogens with zero attached hydrogens (tertiary/aromatic N) is 2. The highest BCUT2D eigenvalue weighted by atomic mass is 15.2. The summed E-state index contributed by atoms with van der Waals surface area (Å²) in [4.78, 5) is 10.6. The molecule has 0 spiro atoms. The van der Waals surface area contributed by atoms with Gasteiger partial charge in [0.2, 0.25) is 0 Å². The van der Waals surface area contributed by atoms with Crippen LogP contribution >= 0.6 is 0 Å². The van der Waals surface area contributed by atoms with Gasteiger partial charge in [-0.25, -0.2) is 0 Å². The Hall–Kier alpha value is -2.57. The van der Waals surface area contributed by atoms with Crippen molar-refractivity contribution in [1.82, 2.24) is 14.9 Å². The molecule has 0 unspecified atom stereocenters. The van der Waals surface area contributed by atoms with Gasteiger partial charge in [-0.1, -0.05) is 24.0 Å². The Morgan fingerprint density at radius 1 is 1.16 bits per heavy atom. The molecule has 3 nitrogen and oxygen atoms in total. The van der Waals surface area contributed by atoms with Gasteiger partial charge >= 0.3 is 0 Å². The van der Waals surface area contributed by atoms with Crippen LogP contribution in [-0.2, 0) is 6.42 Å². The second-order valence-corrected chi connectivity index (χ2v) is 7.30. The molecule has 2 atom stereocenters. The number of aromatic amines is 1. The first-order chi connectivity index (χ1) is 12.2. The van der Waals surface area contributed by atoms with Crippen LogP contribution in [0.1, 0.15) is 47.0 Å². The number of likely N-dealkylation sites (N-methyl/N-ethyl adjacent to an activating group) is 1. The van der Waals surface area contributed by atoms with E-state index in [-0.39, 0.29) is 0 Å². The third-order valence-electron chi connectivity index (χ3n) is 5.82. The Balaban J connectivity index is 1.61. The smallest absolute Gasteiger partial charge is 0.0618 e. The minimum atomic E-state index is 0.562. The van der Waals surface area contributed by atoms with E-state index in [1.54, 1.807) is 0 Å². The lowest BCUT2D eigenvalue weighted by Gasteiger charge is -2.31. The SMILES string of the molecule is Cc1ccc(C#Cc2cccc3c4c([nH]c23)C[C@H]2CC[C@@H]4N2C)cn1. The molecular weight excluding hydrogens is 306 g/mol. The molecule has 2 aliphatic rings. The number of fused-ring (bicyclic) bond motifs is 6. The third-order valence-corrected chi connectivity index (χ3v) is 5.82. The number of hydrogen-bond donors (Lipinski definition) is 1. The molecular formula is C22H21N3. The van der Waals surface area contributed by atoms with Crippen molar-refractivity contribution in [3.63, 3.8) is 0 Å². The summed E-state index contributed by atoms with van der Waals surface area (Å²) >= 11 is 0. The van der Waals surface area contributed by atoms with Gasteiger partial charge < -0.3 is 4.98 Å². The fourth-order valence-corrected chi connectivity index (χ4v) is 4.46. The van der Waals surface area contributed by atoms with Crippen LogP contribution in [0, 0.1) is 18.8 Å². The highest BCUT2D eigenvalue weighted by Crippen LogP contribution is 2.45. The van der Waals surface area contributed by atoms with Crippen molar-refractivity contribution >= 4 is 10.9 Å². The van der Waals surface area contributed by atoms with E-state index in [1.165, 1.54) is 35.0 Å². The molecule has 25 heavy (non-hydrogen) atoms. The first-order valence-corrected chi connectivity index (χ1v) is 9.01. The number of para-hydroxylation sites is 1. The number of hydrogen-bond acceptors (Lipinski definition) is 2. The molecule has 3 aromatic rings. The van der Waals surface area contributed by atoms with E-state index in [1.807, 2.05) is 25.3 Å². The summed E-state index contributed by atoms with van der Waals surface area (Å²) in [6, 6.07) is 11.8. The zero-order valence-corrected chi connectivity index (χ0v) is 14.6. The molecule has 0 radical (unpaired) electrons. The maximum Gasteiger partial charge on any atom is 0.0618 e. The van der Waals surface area contributed by atoms with E-state index in [0.717, 1.165) is 23.2 Å². The van der Waals surface area contributed by atoms with Crippen molar-refractivity contribution in [1.29, 1.82) is 0 Å². The van der Waals surface area contributed by atoms with E-state index in [0.29, 0.717) is 12.1 Å². The zero-order chi connectivity index (χ0) is 17.0. The number of H-pyrrole nitrogens is 1. The maximum atomic E-state index is 4.33. The van der Waals surface area contributed by atoms with Gasteiger partial charge in [-0.3, -0.25) is 9.88 Å². The highest BCUT2D eigenvalue weighted by Gasteiger charge is 2.39. The second kappa shape index (κ2) is 5.47. The fourth-order valence-electron chi connectivity index (χ4n) is 4.46. The highest BCUT2D eigenvalue weighted by molar-refractivity contribution is 5.90. The second-order valence-electron chi connectivity index (χ2n) is 7.30. The number of nitrogens with one attached hydrogen (secondary N) is 1. The summed E-state index contributed by atoms with van der Waals surface area (Å²) in [5.74, 6) is 6.61. The van der Waals surface area contributed by atoms with Gasteiger partial charge in [-0.15, -0.1) is 0 Å². The summed E-state index contributed by atoms with van der Waals surface area (Å²) in [7, 11) is 2.28. The Kier molecular flexibility index (Phi) is 3.23. The van der Waals surface area contributed by atoms with Crippen molar-refractivity contribution in [3.05, 3.63) is 64.6 Å². The van der Waals surface area contributed by atoms with Crippen molar-refractivity contribution in [2.75, 3.05) is 7.05 Å². The predicted octanol–water partition coefficient (Wildman–Crippen LogP) is 3.96. The minimum absolute atomic E-state index is 0.562. The lowest BCUT2D eigenvalue weighted by molar-refractivity contribution is 0.224.